The molecular formula is C18H22N2O4. The van der Waals surface area contributed by atoms with E-state index in [0.717, 1.165) is 18.4 Å². The molecule has 0 aromatic heterocycles. The van der Waals surface area contributed by atoms with Gasteiger partial charge >= 0.3 is 5.97 Å². The Morgan fingerprint density at radius 2 is 1.96 bits per heavy atom. The molecule has 0 saturated carbocycles. The van der Waals surface area contributed by atoms with E-state index in [0.29, 0.717) is 12.1 Å². The van der Waals surface area contributed by atoms with Crippen LogP contribution in [-0.2, 0) is 9.59 Å². The smallest absolute Gasteiger partial charge is 0.350 e. The number of aliphatic carboxylic acids is 1. The number of hydrogen-bond acceptors (Lipinski definition) is 3. The molecule has 0 spiro atoms. The fourth-order valence-corrected chi connectivity index (χ4v) is 1.86. The van der Waals surface area contributed by atoms with Crippen LogP contribution in [0.2, 0.25) is 0 Å². The second kappa shape index (κ2) is 9.39. The predicted octanol–water partition coefficient (Wildman–Crippen LogP) is 2.64. The van der Waals surface area contributed by atoms with Crippen molar-refractivity contribution >= 4 is 29.6 Å². The lowest BCUT2D eigenvalue weighted by atomic mass is 10.1. The molecule has 0 bridgehead atoms. The minimum Gasteiger partial charge on any atom is -0.477 e. The molecule has 0 atom stereocenters. The van der Waals surface area contributed by atoms with E-state index in [1.807, 2.05) is 18.2 Å². The Balaban J connectivity index is 2.64. The molecule has 0 aliphatic rings. The summed E-state index contributed by atoms with van der Waals surface area (Å²) >= 11 is 0. The zero-order valence-corrected chi connectivity index (χ0v) is 14.2. The molecule has 0 radical (unpaired) electrons. The van der Waals surface area contributed by atoms with E-state index >= 15 is 0 Å². The third kappa shape index (κ3) is 6.56. The molecule has 0 unspecified atom stereocenters. The highest BCUT2D eigenvalue weighted by Gasteiger charge is 2.08. The predicted molar refractivity (Wildman–Crippen MR) is 93.1 cm³/mol. The van der Waals surface area contributed by atoms with E-state index in [1.165, 1.54) is 13.8 Å². The Kier molecular flexibility index (Phi) is 7.55. The van der Waals surface area contributed by atoms with Gasteiger partial charge in [0.25, 0.3) is 5.91 Å². The first-order valence-corrected chi connectivity index (χ1v) is 7.62. The first-order valence-electron chi connectivity index (χ1n) is 7.62. The molecule has 6 heteroatoms. The Morgan fingerprint density at radius 1 is 1.25 bits per heavy atom. The maximum atomic E-state index is 11.9. The Morgan fingerprint density at radius 3 is 2.58 bits per heavy atom. The van der Waals surface area contributed by atoms with Crippen molar-refractivity contribution in [2.75, 3.05) is 13.6 Å². The lowest BCUT2D eigenvalue weighted by Gasteiger charge is -2.13. The molecule has 0 aliphatic heterocycles. The minimum absolute atomic E-state index is 0.0439. The molecular weight excluding hydrogens is 308 g/mol. The van der Waals surface area contributed by atoms with Gasteiger partial charge in [0.05, 0.1) is 0 Å². The van der Waals surface area contributed by atoms with Gasteiger partial charge in [-0.3, -0.25) is 9.59 Å². The Labute approximate surface area is 141 Å². The van der Waals surface area contributed by atoms with E-state index < -0.39 is 11.9 Å². The average Bonchev–Trinajstić information content (AvgIpc) is 2.54. The molecule has 1 aromatic rings. The van der Waals surface area contributed by atoms with Crippen molar-refractivity contribution in [1.29, 1.82) is 0 Å². The van der Waals surface area contributed by atoms with Crippen molar-refractivity contribution in [3.8, 4) is 0 Å². The number of allylic oxidation sites excluding steroid dienone is 1. The number of rotatable bonds is 7. The molecule has 1 N–H and O–H groups in total. The van der Waals surface area contributed by atoms with Gasteiger partial charge in [-0.05, 0) is 37.5 Å². The van der Waals surface area contributed by atoms with Crippen LogP contribution in [-0.4, -0.2) is 47.1 Å². The van der Waals surface area contributed by atoms with Gasteiger partial charge in [-0.15, -0.1) is 0 Å². The van der Waals surface area contributed by atoms with Crippen LogP contribution < -0.4 is 0 Å². The van der Waals surface area contributed by atoms with E-state index in [9.17, 15) is 14.4 Å². The number of carbonyl (C=O) groups is 3. The van der Waals surface area contributed by atoms with Gasteiger partial charge in [-0.25, -0.2) is 9.79 Å². The number of carboxylic acid groups (broad SMARTS) is 1. The standard InChI is InChI=1S/C18H22N2O4/c1-13(18(23)24)19-17(22)16-10-7-9-15(12-16)8-5-4-6-11-20(3)14(2)21/h5,7-10,12H,4,6,11H2,1-3H3,(H,23,24)/b8-5-,19-13+. The van der Waals surface area contributed by atoms with Gasteiger partial charge in [-0.1, -0.05) is 24.3 Å². The number of aliphatic imine (C=N–C) groups is 1. The third-order valence-corrected chi connectivity index (χ3v) is 3.42. The first-order chi connectivity index (χ1) is 11.3. The molecule has 0 heterocycles. The molecule has 1 rings (SSSR count). The molecule has 1 aromatic carbocycles. The average molecular weight is 330 g/mol. The van der Waals surface area contributed by atoms with Crippen LogP contribution in [0.25, 0.3) is 6.08 Å². The summed E-state index contributed by atoms with van der Waals surface area (Å²) in [6, 6.07) is 6.84. The molecule has 128 valence electrons. The van der Waals surface area contributed by atoms with Crippen LogP contribution in [0.5, 0.6) is 0 Å². The number of nitrogens with zero attached hydrogens (tertiary/aromatic N) is 2. The topological polar surface area (TPSA) is 87.0 Å². The summed E-state index contributed by atoms with van der Waals surface area (Å²) in [6.45, 7) is 3.51. The molecule has 0 saturated heterocycles. The van der Waals surface area contributed by atoms with E-state index in [1.54, 1.807) is 30.1 Å². The number of unbranched alkanes of at least 4 members (excludes halogenated alkanes) is 1. The summed E-state index contributed by atoms with van der Waals surface area (Å²) in [4.78, 5) is 38.9. The molecule has 0 aliphatic carbocycles. The summed E-state index contributed by atoms with van der Waals surface area (Å²) in [5.74, 6) is -1.74. The largest absolute Gasteiger partial charge is 0.477 e. The van der Waals surface area contributed by atoms with E-state index in [2.05, 4.69) is 4.99 Å². The molecule has 6 nitrogen and oxygen atoms in total. The van der Waals surface area contributed by atoms with E-state index in [4.69, 9.17) is 5.11 Å². The highest BCUT2D eigenvalue weighted by atomic mass is 16.4. The van der Waals surface area contributed by atoms with Crippen molar-refractivity contribution in [3.63, 3.8) is 0 Å². The third-order valence-electron chi connectivity index (χ3n) is 3.42. The van der Waals surface area contributed by atoms with Gasteiger partial charge < -0.3 is 10.0 Å². The number of carbonyl (C=O) groups excluding carboxylic acids is 2. The minimum atomic E-state index is -1.21. The monoisotopic (exact) mass is 330 g/mol. The van der Waals surface area contributed by atoms with Gasteiger partial charge in [0.2, 0.25) is 5.91 Å². The van der Waals surface area contributed by atoms with Crippen LogP contribution in [0.1, 0.15) is 42.6 Å². The highest BCUT2D eigenvalue weighted by molar-refractivity contribution is 6.36. The van der Waals surface area contributed by atoms with Crippen LogP contribution in [0, 0.1) is 0 Å². The zero-order chi connectivity index (χ0) is 18.1. The summed E-state index contributed by atoms with van der Waals surface area (Å²) in [7, 11) is 1.76. The fourth-order valence-electron chi connectivity index (χ4n) is 1.86. The molecule has 0 fully saturated rings. The zero-order valence-electron chi connectivity index (χ0n) is 14.2. The maximum absolute atomic E-state index is 11.9. The summed E-state index contributed by atoms with van der Waals surface area (Å²) in [6.07, 6.45) is 5.53. The second-order valence-electron chi connectivity index (χ2n) is 5.42. The summed E-state index contributed by atoms with van der Waals surface area (Å²) in [5, 5.41) is 8.75. The van der Waals surface area contributed by atoms with Crippen molar-refractivity contribution < 1.29 is 19.5 Å². The van der Waals surface area contributed by atoms with Crippen LogP contribution >= 0.6 is 0 Å². The molecule has 24 heavy (non-hydrogen) atoms. The lowest BCUT2D eigenvalue weighted by molar-refractivity contribution is -0.129. The highest BCUT2D eigenvalue weighted by Crippen LogP contribution is 2.10. The normalized spacial score (nSPS) is 11.5. The van der Waals surface area contributed by atoms with Crippen LogP contribution in [0.3, 0.4) is 0 Å². The van der Waals surface area contributed by atoms with Crippen molar-refractivity contribution in [2.24, 2.45) is 4.99 Å². The quantitative estimate of drug-likeness (QED) is 0.615. The lowest BCUT2D eigenvalue weighted by Crippen LogP contribution is -2.24. The number of amides is 2. The Bertz CT molecular complexity index is 677. The van der Waals surface area contributed by atoms with Gasteiger partial charge in [-0.2, -0.15) is 0 Å². The summed E-state index contributed by atoms with van der Waals surface area (Å²) < 4.78 is 0. The van der Waals surface area contributed by atoms with Crippen molar-refractivity contribution in [3.05, 3.63) is 41.5 Å². The van der Waals surface area contributed by atoms with Gasteiger partial charge in [0.1, 0.15) is 5.71 Å². The van der Waals surface area contributed by atoms with Crippen LogP contribution in [0.4, 0.5) is 0 Å². The van der Waals surface area contributed by atoms with Crippen molar-refractivity contribution in [1.82, 2.24) is 4.90 Å². The van der Waals surface area contributed by atoms with E-state index in [-0.39, 0.29) is 11.6 Å². The number of benzene rings is 1. The van der Waals surface area contributed by atoms with Crippen molar-refractivity contribution in [2.45, 2.75) is 26.7 Å². The molecule has 2 amide bonds. The SMILES string of the molecule is CC(=O)N(C)CCC/C=C\c1cccc(C(=O)/N=C(\C)C(=O)O)c1. The Hall–Kier alpha value is -2.76. The number of hydrogen-bond donors (Lipinski definition) is 1. The van der Waals surface area contributed by atoms with Gasteiger partial charge in [0.15, 0.2) is 0 Å². The van der Waals surface area contributed by atoms with Crippen LogP contribution in [0.15, 0.2) is 35.3 Å². The summed E-state index contributed by atoms with van der Waals surface area (Å²) in [5.41, 5.74) is 0.938. The fraction of sp³-hybridized carbons (Fsp3) is 0.333. The number of carboxylic acids is 1. The first kappa shape index (κ1) is 19.3. The van der Waals surface area contributed by atoms with Gasteiger partial charge in [0, 0.05) is 26.1 Å². The second-order valence-corrected chi connectivity index (χ2v) is 5.42. The maximum Gasteiger partial charge on any atom is 0.350 e.